The zero-order valence-corrected chi connectivity index (χ0v) is 6.54. The summed E-state index contributed by atoms with van der Waals surface area (Å²) in [6, 6.07) is 0. The number of oxazole rings is 1. The topological polar surface area (TPSA) is 61.3 Å². The fourth-order valence-corrected chi connectivity index (χ4v) is 0.882. The van der Waals surface area contributed by atoms with Crippen LogP contribution in [-0.4, -0.2) is 18.6 Å². The fraction of sp³-hybridized carbons (Fsp3) is 0.571. The van der Waals surface area contributed by atoms with Crippen LogP contribution < -0.4 is 5.73 Å². The molecule has 0 fully saturated rings. The molecule has 0 saturated heterocycles. The second-order valence-electron chi connectivity index (χ2n) is 2.19. The maximum absolute atomic E-state index is 5.36. The van der Waals surface area contributed by atoms with Crippen molar-refractivity contribution in [2.45, 2.75) is 13.0 Å². The molecule has 0 atom stereocenters. The van der Waals surface area contributed by atoms with Crippen LogP contribution >= 0.6 is 0 Å². The van der Waals surface area contributed by atoms with E-state index in [1.807, 2.05) is 0 Å². The minimum atomic E-state index is 0.492. The lowest BCUT2D eigenvalue weighted by Gasteiger charge is -1.96. The van der Waals surface area contributed by atoms with Gasteiger partial charge in [-0.15, -0.1) is 0 Å². The highest BCUT2D eigenvalue weighted by Gasteiger charge is 2.05. The smallest absolute Gasteiger partial charge is 0.181 e. The van der Waals surface area contributed by atoms with Crippen LogP contribution in [0.5, 0.6) is 0 Å². The summed E-state index contributed by atoms with van der Waals surface area (Å²) in [6.45, 7) is 1.07. The van der Waals surface area contributed by atoms with Crippen molar-refractivity contribution in [2.24, 2.45) is 5.73 Å². The summed E-state index contributed by atoms with van der Waals surface area (Å²) >= 11 is 0. The van der Waals surface area contributed by atoms with E-state index in [0.717, 1.165) is 17.9 Å². The molecule has 4 heteroatoms. The lowest BCUT2D eigenvalue weighted by Crippen LogP contribution is -2.04. The molecule has 0 aliphatic carbocycles. The van der Waals surface area contributed by atoms with E-state index < -0.39 is 0 Å². The average molecular weight is 156 g/mol. The molecule has 0 spiro atoms. The molecule has 1 aromatic heterocycles. The van der Waals surface area contributed by atoms with Gasteiger partial charge in [-0.2, -0.15) is 0 Å². The van der Waals surface area contributed by atoms with Gasteiger partial charge in [0.1, 0.15) is 11.5 Å². The van der Waals surface area contributed by atoms with Gasteiger partial charge in [-0.1, -0.05) is 0 Å². The molecular weight excluding hydrogens is 144 g/mol. The van der Waals surface area contributed by atoms with Gasteiger partial charge in [0.25, 0.3) is 0 Å². The molecule has 0 radical (unpaired) electrons. The first-order valence-electron chi connectivity index (χ1n) is 3.48. The number of nitrogens with zero attached hydrogens (tertiary/aromatic N) is 1. The Morgan fingerprint density at radius 2 is 2.55 bits per heavy atom. The van der Waals surface area contributed by atoms with Gasteiger partial charge >= 0.3 is 0 Å². The Labute approximate surface area is 65.4 Å². The van der Waals surface area contributed by atoms with Gasteiger partial charge in [0.15, 0.2) is 6.39 Å². The molecule has 0 bridgehead atoms. The lowest BCUT2D eigenvalue weighted by molar-refractivity contribution is 0.180. The van der Waals surface area contributed by atoms with Gasteiger partial charge in [0, 0.05) is 13.5 Å². The van der Waals surface area contributed by atoms with Crippen molar-refractivity contribution in [3.05, 3.63) is 17.8 Å². The van der Waals surface area contributed by atoms with Crippen LogP contribution in [0.3, 0.4) is 0 Å². The number of aromatic nitrogens is 1. The Morgan fingerprint density at radius 3 is 3.18 bits per heavy atom. The molecule has 4 nitrogen and oxygen atoms in total. The molecule has 1 aromatic rings. The van der Waals surface area contributed by atoms with Crippen molar-refractivity contribution in [3.8, 4) is 0 Å². The third kappa shape index (κ3) is 2.03. The van der Waals surface area contributed by atoms with E-state index in [1.165, 1.54) is 6.39 Å². The number of nitrogens with two attached hydrogens (primary N) is 1. The summed E-state index contributed by atoms with van der Waals surface area (Å²) in [6.07, 6.45) is 2.14. The van der Waals surface area contributed by atoms with E-state index in [9.17, 15) is 0 Å². The highest BCUT2D eigenvalue weighted by Crippen LogP contribution is 2.07. The average Bonchev–Trinajstić information content (AvgIpc) is 2.39. The first kappa shape index (κ1) is 8.23. The molecule has 0 unspecified atom stereocenters. The molecule has 0 aliphatic heterocycles. The third-order valence-corrected chi connectivity index (χ3v) is 1.38. The third-order valence-electron chi connectivity index (χ3n) is 1.38. The molecule has 0 aliphatic rings. The monoisotopic (exact) mass is 156 g/mol. The zero-order chi connectivity index (χ0) is 8.10. The molecular formula is C7H12N2O2. The number of hydrogen-bond acceptors (Lipinski definition) is 4. The molecule has 1 rings (SSSR count). The number of hydrogen-bond donors (Lipinski definition) is 1. The summed E-state index contributed by atoms with van der Waals surface area (Å²) < 4.78 is 10.00. The van der Waals surface area contributed by atoms with Crippen LogP contribution in [0, 0.1) is 0 Å². The van der Waals surface area contributed by atoms with Crippen molar-refractivity contribution >= 4 is 0 Å². The van der Waals surface area contributed by atoms with Gasteiger partial charge < -0.3 is 14.9 Å². The zero-order valence-electron chi connectivity index (χ0n) is 6.54. The second kappa shape index (κ2) is 4.10. The Kier molecular flexibility index (Phi) is 3.07. The van der Waals surface area contributed by atoms with Crippen LogP contribution in [0.25, 0.3) is 0 Å². The molecule has 1 heterocycles. The SMILES string of the molecule is COCc1ncoc1CCN. The molecule has 0 saturated carbocycles. The Bertz CT molecular complexity index is 189. The summed E-state index contributed by atoms with van der Waals surface area (Å²) in [7, 11) is 1.63. The lowest BCUT2D eigenvalue weighted by atomic mass is 10.3. The summed E-state index contributed by atoms with van der Waals surface area (Å²) in [5.74, 6) is 0.828. The van der Waals surface area contributed by atoms with Crippen LogP contribution in [0.15, 0.2) is 10.8 Å². The quantitative estimate of drug-likeness (QED) is 0.682. The minimum absolute atomic E-state index is 0.492. The number of methoxy groups -OCH3 is 1. The maximum atomic E-state index is 5.36. The van der Waals surface area contributed by atoms with Gasteiger partial charge in [0.05, 0.1) is 6.61 Å². The molecule has 62 valence electrons. The summed E-state index contributed by atoms with van der Waals surface area (Å²) in [5.41, 5.74) is 6.20. The van der Waals surface area contributed by atoms with E-state index in [4.69, 9.17) is 14.9 Å². The Balaban J connectivity index is 2.62. The van der Waals surface area contributed by atoms with Crippen LogP contribution in [0.4, 0.5) is 0 Å². The van der Waals surface area contributed by atoms with Crippen molar-refractivity contribution in [1.29, 1.82) is 0 Å². The highest BCUT2D eigenvalue weighted by molar-refractivity contribution is 5.06. The van der Waals surface area contributed by atoms with Gasteiger partial charge in [0.2, 0.25) is 0 Å². The van der Waals surface area contributed by atoms with Crippen molar-refractivity contribution < 1.29 is 9.15 Å². The van der Waals surface area contributed by atoms with E-state index >= 15 is 0 Å². The first-order chi connectivity index (χ1) is 5.38. The van der Waals surface area contributed by atoms with E-state index in [2.05, 4.69) is 4.98 Å². The predicted molar refractivity (Wildman–Crippen MR) is 40.0 cm³/mol. The largest absolute Gasteiger partial charge is 0.448 e. The molecule has 2 N–H and O–H groups in total. The van der Waals surface area contributed by atoms with Crippen molar-refractivity contribution in [2.75, 3.05) is 13.7 Å². The van der Waals surface area contributed by atoms with Crippen LogP contribution in [0.2, 0.25) is 0 Å². The predicted octanol–water partition coefficient (Wildman–Crippen LogP) is 0.322. The maximum Gasteiger partial charge on any atom is 0.181 e. The van der Waals surface area contributed by atoms with Crippen molar-refractivity contribution in [1.82, 2.24) is 4.98 Å². The Morgan fingerprint density at radius 1 is 1.73 bits per heavy atom. The number of ether oxygens (including phenoxy) is 1. The van der Waals surface area contributed by atoms with E-state index in [1.54, 1.807) is 7.11 Å². The highest BCUT2D eigenvalue weighted by atomic mass is 16.5. The fourth-order valence-electron chi connectivity index (χ4n) is 0.882. The van der Waals surface area contributed by atoms with E-state index in [-0.39, 0.29) is 0 Å². The molecule has 11 heavy (non-hydrogen) atoms. The van der Waals surface area contributed by atoms with Gasteiger partial charge in [-0.3, -0.25) is 0 Å². The Hall–Kier alpha value is -0.870. The van der Waals surface area contributed by atoms with Crippen LogP contribution in [0.1, 0.15) is 11.5 Å². The molecule has 0 amide bonds. The summed E-state index contributed by atoms with van der Waals surface area (Å²) in [4.78, 5) is 3.98. The minimum Gasteiger partial charge on any atom is -0.448 e. The number of rotatable bonds is 4. The van der Waals surface area contributed by atoms with Gasteiger partial charge in [-0.25, -0.2) is 4.98 Å². The van der Waals surface area contributed by atoms with Crippen molar-refractivity contribution in [3.63, 3.8) is 0 Å². The standard InChI is InChI=1S/C7H12N2O2/c1-10-4-6-7(2-3-8)11-5-9-6/h5H,2-4,8H2,1H3. The molecule has 0 aromatic carbocycles. The van der Waals surface area contributed by atoms with Gasteiger partial charge in [-0.05, 0) is 6.54 Å². The first-order valence-corrected chi connectivity index (χ1v) is 3.48. The normalized spacial score (nSPS) is 10.4. The summed E-state index contributed by atoms with van der Waals surface area (Å²) in [5, 5.41) is 0. The van der Waals surface area contributed by atoms with Crippen LogP contribution in [-0.2, 0) is 17.8 Å². The van der Waals surface area contributed by atoms with E-state index in [0.29, 0.717) is 13.2 Å². The second-order valence-corrected chi connectivity index (χ2v) is 2.19.